The fraction of sp³-hybridized carbons (Fsp3) is 0.706. The summed E-state index contributed by atoms with van der Waals surface area (Å²) >= 11 is 1.82. The molecule has 0 saturated heterocycles. The topological polar surface area (TPSA) is 41.1 Å². The molecule has 1 fully saturated rings. The van der Waals surface area contributed by atoms with Crippen molar-refractivity contribution in [2.24, 2.45) is 5.92 Å². The number of thiophene rings is 1. The Morgan fingerprint density at radius 1 is 1.33 bits per heavy atom. The van der Waals surface area contributed by atoms with Crippen molar-refractivity contribution in [3.63, 3.8) is 0 Å². The van der Waals surface area contributed by atoms with E-state index in [0.717, 1.165) is 6.54 Å². The number of carbonyl (C=O) groups is 1. The van der Waals surface area contributed by atoms with Crippen LogP contribution in [0.1, 0.15) is 60.4 Å². The fourth-order valence-corrected chi connectivity index (χ4v) is 4.17. The van der Waals surface area contributed by atoms with Gasteiger partial charge in [0.25, 0.3) is 0 Å². The van der Waals surface area contributed by atoms with Crippen molar-refractivity contribution in [3.8, 4) is 0 Å². The second kappa shape index (κ2) is 7.95. The molecule has 1 aliphatic carbocycles. The van der Waals surface area contributed by atoms with Crippen molar-refractivity contribution in [1.29, 1.82) is 0 Å². The highest BCUT2D eigenvalue weighted by atomic mass is 32.1. The third-order valence-electron chi connectivity index (χ3n) is 4.43. The molecule has 1 saturated carbocycles. The van der Waals surface area contributed by atoms with Crippen molar-refractivity contribution in [1.82, 2.24) is 10.6 Å². The molecule has 2 N–H and O–H groups in total. The van der Waals surface area contributed by atoms with Crippen LogP contribution in [0.4, 0.5) is 0 Å². The molecular weight excluding hydrogens is 280 g/mol. The summed E-state index contributed by atoms with van der Waals surface area (Å²) in [7, 11) is 0. The normalized spacial score (nSPS) is 17.7. The molecule has 0 radical (unpaired) electrons. The Morgan fingerprint density at radius 3 is 2.67 bits per heavy atom. The van der Waals surface area contributed by atoms with Crippen LogP contribution < -0.4 is 10.6 Å². The van der Waals surface area contributed by atoms with Crippen molar-refractivity contribution >= 4 is 17.2 Å². The summed E-state index contributed by atoms with van der Waals surface area (Å²) in [5, 5.41) is 6.42. The van der Waals surface area contributed by atoms with Gasteiger partial charge in [-0.25, -0.2) is 0 Å². The highest BCUT2D eigenvalue weighted by molar-refractivity contribution is 7.12. The number of rotatable bonds is 6. The summed E-state index contributed by atoms with van der Waals surface area (Å²) in [6.07, 6.45) is 6.57. The maximum absolute atomic E-state index is 11.9. The minimum atomic E-state index is 0.122. The average molecular weight is 308 g/mol. The minimum Gasteiger partial charge on any atom is -0.355 e. The molecule has 1 aromatic rings. The number of carbonyl (C=O) groups excluding carboxylic acids is 1. The Bertz CT molecular complexity index is 463. The number of nitrogens with one attached hydrogen (secondary N) is 2. The van der Waals surface area contributed by atoms with E-state index in [1.54, 1.807) is 0 Å². The molecule has 118 valence electrons. The highest BCUT2D eigenvalue weighted by Gasteiger charge is 2.15. The molecular formula is C17H28N2OS. The maximum Gasteiger partial charge on any atom is 0.233 e. The van der Waals surface area contributed by atoms with E-state index >= 15 is 0 Å². The van der Waals surface area contributed by atoms with Gasteiger partial charge in [-0.05, 0) is 51.2 Å². The summed E-state index contributed by atoms with van der Waals surface area (Å²) in [5.41, 5.74) is 1.32. The second-order valence-corrected chi connectivity index (χ2v) is 7.74. The van der Waals surface area contributed by atoms with Crippen LogP contribution in [0.25, 0.3) is 0 Å². The smallest absolute Gasteiger partial charge is 0.233 e. The van der Waals surface area contributed by atoms with Crippen molar-refractivity contribution < 1.29 is 4.79 Å². The molecule has 3 nitrogen and oxygen atoms in total. The summed E-state index contributed by atoms with van der Waals surface area (Å²) in [5.74, 6) is 0.818. The molecule has 1 amide bonds. The lowest BCUT2D eigenvalue weighted by Gasteiger charge is -2.22. The number of amides is 1. The van der Waals surface area contributed by atoms with E-state index in [4.69, 9.17) is 0 Å². The summed E-state index contributed by atoms with van der Waals surface area (Å²) in [4.78, 5) is 14.6. The largest absolute Gasteiger partial charge is 0.355 e. The molecule has 0 bridgehead atoms. The molecule has 2 rings (SSSR count). The maximum atomic E-state index is 11.9. The third-order valence-corrected chi connectivity index (χ3v) is 5.41. The zero-order valence-corrected chi connectivity index (χ0v) is 14.3. The quantitative estimate of drug-likeness (QED) is 0.841. The first kappa shape index (κ1) is 16.5. The monoisotopic (exact) mass is 308 g/mol. The Morgan fingerprint density at radius 2 is 2.05 bits per heavy atom. The molecule has 1 aromatic heterocycles. The zero-order chi connectivity index (χ0) is 15.2. The fourth-order valence-electron chi connectivity index (χ4n) is 3.15. The van der Waals surface area contributed by atoms with Crippen LogP contribution in [0.2, 0.25) is 0 Å². The Kier molecular flexibility index (Phi) is 6.24. The standard InChI is InChI=1S/C17H28N2OS/c1-12-9-16(14(3)21-12)13(2)18-11-17(20)19-10-15-7-5-4-6-8-15/h9,13,15,18H,4-8,10-11H2,1-3H3,(H,19,20). The first-order valence-corrected chi connectivity index (χ1v) is 8.95. The van der Waals surface area contributed by atoms with Crippen LogP contribution in [0, 0.1) is 19.8 Å². The van der Waals surface area contributed by atoms with Crippen LogP contribution in [-0.4, -0.2) is 19.0 Å². The Labute approximate surface area is 132 Å². The van der Waals surface area contributed by atoms with Gasteiger partial charge in [0.1, 0.15) is 0 Å². The average Bonchev–Trinajstić information content (AvgIpc) is 2.82. The summed E-state index contributed by atoms with van der Waals surface area (Å²) < 4.78 is 0. The van der Waals surface area contributed by atoms with E-state index in [1.807, 2.05) is 11.3 Å². The van der Waals surface area contributed by atoms with Gasteiger partial charge in [-0.1, -0.05) is 19.3 Å². The van der Waals surface area contributed by atoms with Gasteiger partial charge in [0.05, 0.1) is 6.54 Å². The molecule has 21 heavy (non-hydrogen) atoms. The lowest BCUT2D eigenvalue weighted by Crippen LogP contribution is -2.37. The zero-order valence-electron chi connectivity index (χ0n) is 13.5. The molecule has 1 unspecified atom stereocenters. The van der Waals surface area contributed by atoms with Gasteiger partial charge < -0.3 is 10.6 Å². The Balaban J connectivity index is 1.69. The number of aryl methyl sites for hydroxylation is 2. The van der Waals surface area contributed by atoms with Crippen molar-refractivity contribution in [2.75, 3.05) is 13.1 Å². The van der Waals surface area contributed by atoms with Crippen molar-refractivity contribution in [2.45, 2.75) is 58.9 Å². The second-order valence-electron chi connectivity index (χ2n) is 6.28. The van der Waals surface area contributed by atoms with Gasteiger partial charge >= 0.3 is 0 Å². The third kappa shape index (κ3) is 5.11. The molecule has 0 spiro atoms. The Hall–Kier alpha value is -0.870. The van der Waals surface area contributed by atoms with Crippen LogP contribution in [-0.2, 0) is 4.79 Å². The number of hydrogen-bond acceptors (Lipinski definition) is 3. The van der Waals surface area contributed by atoms with Gasteiger partial charge in [0, 0.05) is 22.3 Å². The highest BCUT2D eigenvalue weighted by Crippen LogP contribution is 2.26. The lowest BCUT2D eigenvalue weighted by atomic mass is 9.89. The van der Waals surface area contributed by atoms with Crippen LogP contribution >= 0.6 is 11.3 Å². The van der Waals surface area contributed by atoms with Crippen LogP contribution in [0.5, 0.6) is 0 Å². The van der Waals surface area contributed by atoms with Gasteiger partial charge in [-0.2, -0.15) is 0 Å². The van der Waals surface area contributed by atoms with Crippen LogP contribution in [0.3, 0.4) is 0 Å². The predicted octanol–water partition coefficient (Wildman–Crippen LogP) is 3.71. The molecule has 1 atom stereocenters. The molecule has 1 aliphatic rings. The van der Waals surface area contributed by atoms with E-state index < -0.39 is 0 Å². The van der Waals surface area contributed by atoms with Gasteiger partial charge in [-0.15, -0.1) is 11.3 Å². The van der Waals surface area contributed by atoms with Gasteiger partial charge in [0.2, 0.25) is 5.91 Å². The molecule has 4 heteroatoms. The molecule has 0 aliphatic heterocycles. The SMILES string of the molecule is Cc1cc(C(C)NCC(=O)NCC2CCCCC2)c(C)s1. The predicted molar refractivity (Wildman–Crippen MR) is 89.8 cm³/mol. The van der Waals surface area contributed by atoms with Gasteiger partial charge in [-0.3, -0.25) is 4.79 Å². The summed E-state index contributed by atoms with van der Waals surface area (Å²) in [6, 6.07) is 2.45. The van der Waals surface area contributed by atoms with E-state index in [0.29, 0.717) is 12.5 Å². The van der Waals surface area contributed by atoms with E-state index in [-0.39, 0.29) is 11.9 Å². The van der Waals surface area contributed by atoms with Crippen LogP contribution in [0.15, 0.2) is 6.07 Å². The van der Waals surface area contributed by atoms with Crippen molar-refractivity contribution in [3.05, 3.63) is 21.4 Å². The van der Waals surface area contributed by atoms with E-state index in [2.05, 4.69) is 37.5 Å². The van der Waals surface area contributed by atoms with E-state index in [1.165, 1.54) is 47.4 Å². The molecule has 0 aromatic carbocycles. The first-order chi connectivity index (χ1) is 10.1. The summed E-state index contributed by atoms with van der Waals surface area (Å²) in [6.45, 7) is 7.66. The minimum absolute atomic E-state index is 0.122. The van der Waals surface area contributed by atoms with E-state index in [9.17, 15) is 4.79 Å². The number of hydrogen-bond donors (Lipinski definition) is 2. The van der Waals surface area contributed by atoms with Gasteiger partial charge in [0.15, 0.2) is 0 Å². The lowest BCUT2D eigenvalue weighted by molar-refractivity contribution is -0.120. The first-order valence-electron chi connectivity index (χ1n) is 8.13. The molecule has 1 heterocycles.